The molecule has 0 aromatic carbocycles. The van der Waals surface area contributed by atoms with Crippen LogP contribution < -0.4 is 0 Å². The Balaban J connectivity index is 2.14. The Morgan fingerprint density at radius 1 is 1.64 bits per heavy atom. The Morgan fingerprint density at radius 2 is 2.64 bits per heavy atom. The number of hydrogen-bond donors (Lipinski definition) is 0. The lowest BCUT2D eigenvalue weighted by Crippen LogP contribution is -1.78. The predicted octanol–water partition coefficient (Wildman–Crippen LogP) is 2.13. The third kappa shape index (κ3) is 1.49. The van der Waals surface area contributed by atoms with Crippen LogP contribution in [0.5, 0.6) is 0 Å². The first-order valence-electron chi connectivity index (χ1n) is 3.29. The molecule has 0 amide bonds. The van der Waals surface area contributed by atoms with Gasteiger partial charge in [0.1, 0.15) is 12.0 Å². The van der Waals surface area contributed by atoms with Gasteiger partial charge in [-0.25, -0.2) is 0 Å². The van der Waals surface area contributed by atoms with E-state index in [9.17, 15) is 0 Å². The van der Waals surface area contributed by atoms with Crippen molar-refractivity contribution in [3.8, 4) is 0 Å². The second kappa shape index (κ2) is 2.88. The lowest BCUT2D eigenvalue weighted by Gasteiger charge is -1.87. The molecule has 1 radical (unpaired) electrons. The van der Waals surface area contributed by atoms with E-state index in [0.29, 0.717) is 0 Å². The van der Waals surface area contributed by atoms with E-state index in [1.54, 1.807) is 17.4 Å². The summed E-state index contributed by atoms with van der Waals surface area (Å²) in [5.41, 5.74) is 0. The summed E-state index contributed by atoms with van der Waals surface area (Å²) in [7, 11) is 0. The molecule has 2 aromatic heterocycles. The van der Waals surface area contributed by atoms with E-state index in [-0.39, 0.29) is 0 Å². The molecule has 0 saturated heterocycles. The molecule has 0 unspecified atom stereocenters. The highest BCUT2D eigenvalue weighted by atomic mass is 32.1. The van der Waals surface area contributed by atoms with Crippen molar-refractivity contribution in [3.05, 3.63) is 40.4 Å². The van der Waals surface area contributed by atoms with Crippen LogP contribution in [-0.2, 0) is 6.42 Å². The Bertz CT molecular complexity index is 266. The van der Waals surface area contributed by atoms with Gasteiger partial charge in [-0.15, -0.1) is 11.3 Å². The van der Waals surface area contributed by atoms with Crippen molar-refractivity contribution < 1.29 is 4.52 Å². The molecule has 0 atom stereocenters. The molecule has 0 spiro atoms. The largest absolute Gasteiger partial charge is 0.360 e. The van der Waals surface area contributed by atoms with Crippen LogP contribution in [0.4, 0.5) is 0 Å². The summed E-state index contributed by atoms with van der Waals surface area (Å²) in [5, 5.41) is 5.56. The zero-order chi connectivity index (χ0) is 7.52. The smallest absolute Gasteiger partial charge is 0.142 e. The van der Waals surface area contributed by atoms with E-state index in [2.05, 4.69) is 22.8 Å². The molecule has 2 aromatic rings. The predicted molar refractivity (Wildman–Crippen MR) is 42.5 cm³/mol. The lowest BCUT2D eigenvalue weighted by molar-refractivity contribution is 0.389. The lowest BCUT2D eigenvalue weighted by atomic mass is 10.3. The molecule has 0 fully saturated rings. The molecule has 0 bridgehead atoms. The van der Waals surface area contributed by atoms with Gasteiger partial charge >= 0.3 is 0 Å². The molecule has 0 aliphatic carbocycles. The number of aromatic nitrogens is 1. The first-order valence-corrected chi connectivity index (χ1v) is 4.17. The van der Waals surface area contributed by atoms with E-state index in [1.165, 1.54) is 4.88 Å². The van der Waals surface area contributed by atoms with Crippen molar-refractivity contribution in [2.24, 2.45) is 0 Å². The van der Waals surface area contributed by atoms with Gasteiger partial charge in [0.25, 0.3) is 0 Å². The molecular formula is C8H6NOS. The van der Waals surface area contributed by atoms with E-state index in [0.717, 1.165) is 12.2 Å². The summed E-state index contributed by atoms with van der Waals surface area (Å²) in [6.45, 7) is 0. The Hall–Kier alpha value is -1.09. The fraction of sp³-hybridized carbons (Fsp3) is 0.125. The van der Waals surface area contributed by atoms with Crippen molar-refractivity contribution in [2.45, 2.75) is 6.42 Å². The van der Waals surface area contributed by atoms with Gasteiger partial charge in [0, 0.05) is 17.4 Å². The molecule has 2 nitrogen and oxygen atoms in total. The molecule has 0 saturated carbocycles. The molecule has 2 heterocycles. The summed E-state index contributed by atoms with van der Waals surface area (Å²) >= 11 is 1.72. The summed E-state index contributed by atoms with van der Waals surface area (Å²) < 4.78 is 4.91. The molecule has 3 heteroatoms. The number of thiophene rings is 1. The van der Waals surface area contributed by atoms with E-state index in [1.807, 2.05) is 6.07 Å². The van der Waals surface area contributed by atoms with Crippen molar-refractivity contribution in [3.63, 3.8) is 0 Å². The minimum atomic E-state index is 0.828. The van der Waals surface area contributed by atoms with Gasteiger partial charge in [-0.3, -0.25) is 0 Å². The standard InChI is InChI=1S/C8H6NOS/c1-2-8(11-5-1)6-7-3-4-9-10-7/h1-3,5H,6H2. The van der Waals surface area contributed by atoms with Crippen LogP contribution in [-0.4, -0.2) is 5.16 Å². The normalized spacial score (nSPS) is 10.2. The molecule has 11 heavy (non-hydrogen) atoms. The minimum absolute atomic E-state index is 0.828. The van der Waals surface area contributed by atoms with Gasteiger partial charge in [0.2, 0.25) is 0 Å². The second-order valence-electron chi connectivity index (χ2n) is 2.18. The van der Waals surface area contributed by atoms with Gasteiger partial charge in [-0.1, -0.05) is 11.2 Å². The monoisotopic (exact) mass is 164 g/mol. The molecule has 0 aliphatic heterocycles. The Morgan fingerprint density at radius 3 is 3.27 bits per heavy atom. The molecule has 2 rings (SSSR count). The molecule has 0 N–H and O–H groups in total. The number of hydrogen-bond acceptors (Lipinski definition) is 3. The third-order valence-electron chi connectivity index (χ3n) is 1.37. The van der Waals surface area contributed by atoms with Crippen molar-refractivity contribution in [2.75, 3.05) is 0 Å². The zero-order valence-corrected chi connectivity index (χ0v) is 6.60. The maximum absolute atomic E-state index is 4.91. The van der Waals surface area contributed by atoms with Crippen LogP contribution in [0.1, 0.15) is 10.6 Å². The fourth-order valence-electron chi connectivity index (χ4n) is 0.878. The van der Waals surface area contributed by atoms with Crippen LogP contribution in [0.2, 0.25) is 0 Å². The maximum atomic E-state index is 4.91. The summed E-state index contributed by atoms with van der Waals surface area (Å²) in [4.78, 5) is 1.29. The third-order valence-corrected chi connectivity index (χ3v) is 2.25. The van der Waals surface area contributed by atoms with Crippen molar-refractivity contribution in [1.82, 2.24) is 5.16 Å². The highest BCUT2D eigenvalue weighted by Gasteiger charge is 1.99. The van der Waals surface area contributed by atoms with Crippen LogP contribution in [0.15, 0.2) is 28.1 Å². The first kappa shape index (κ1) is 6.61. The molecular weight excluding hydrogens is 158 g/mol. The highest BCUT2D eigenvalue weighted by Crippen LogP contribution is 2.13. The van der Waals surface area contributed by atoms with Gasteiger partial charge in [0.15, 0.2) is 0 Å². The average molecular weight is 164 g/mol. The van der Waals surface area contributed by atoms with Crippen molar-refractivity contribution in [1.29, 1.82) is 0 Å². The zero-order valence-electron chi connectivity index (χ0n) is 5.78. The van der Waals surface area contributed by atoms with E-state index >= 15 is 0 Å². The highest BCUT2D eigenvalue weighted by molar-refractivity contribution is 7.09. The van der Waals surface area contributed by atoms with Crippen LogP contribution in [0.3, 0.4) is 0 Å². The topological polar surface area (TPSA) is 26.0 Å². The summed E-state index contributed by atoms with van der Waals surface area (Å²) in [6, 6.07) is 5.87. The number of rotatable bonds is 2. The first-order chi connectivity index (χ1) is 5.45. The number of nitrogens with zero attached hydrogens (tertiary/aromatic N) is 1. The SMILES string of the molecule is [c]1cc(Cc2cccs2)on1. The van der Waals surface area contributed by atoms with Gasteiger partial charge in [-0.2, -0.15) is 0 Å². The minimum Gasteiger partial charge on any atom is -0.360 e. The fourth-order valence-corrected chi connectivity index (χ4v) is 1.59. The van der Waals surface area contributed by atoms with Gasteiger partial charge in [0.05, 0.1) is 0 Å². The Labute approximate surface area is 68.5 Å². The van der Waals surface area contributed by atoms with Crippen LogP contribution >= 0.6 is 11.3 Å². The van der Waals surface area contributed by atoms with Gasteiger partial charge < -0.3 is 4.52 Å². The van der Waals surface area contributed by atoms with Crippen molar-refractivity contribution >= 4 is 11.3 Å². The molecule has 0 aliphatic rings. The maximum Gasteiger partial charge on any atom is 0.142 e. The summed E-state index contributed by atoms with van der Waals surface area (Å²) in [6.07, 6.45) is 3.46. The van der Waals surface area contributed by atoms with Gasteiger partial charge in [-0.05, 0) is 11.4 Å². The second-order valence-corrected chi connectivity index (χ2v) is 3.21. The average Bonchev–Trinajstić information content (AvgIpc) is 2.60. The molecule has 55 valence electrons. The van der Waals surface area contributed by atoms with Crippen LogP contribution in [0, 0.1) is 6.20 Å². The summed E-state index contributed by atoms with van der Waals surface area (Å²) in [5.74, 6) is 0.868. The quantitative estimate of drug-likeness (QED) is 0.679. The van der Waals surface area contributed by atoms with Crippen LogP contribution in [0.25, 0.3) is 0 Å². The van der Waals surface area contributed by atoms with E-state index < -0.39 is 0 Å². The van der Waals surface area contributed by atoms with E-state index in [4.69, 9.17) is 4.52 Å². The Kier molecular flexibility index (Phi) is 1.73.